The number of hydrogen-bond acceptors (Lipinski definition) is 4. The summed E-state index contributed by atoms with van der Waals surface area (Å²) in [7, 11) is 0. The Bertz CT molecular complexity index is 443. The molecule has 0 radical (unpaired) electrons. The zero-order chi connectivity index (χ0) is 14.5. The van der Waals surface area contributed by atoms with Gasteiger partial charge in [0, 0.05) is 32.4 Å². The predicted octanol–water partition coefficient (Wildman–Crippen LogP) is 0.670. The standard InChI is InChI=1S/C13H21ClN4O2/c1-10(18-9-11(14)8-16-18)13(20)15-4-7-17-5-2-12(19)3-6-17/h8-10,12,19H,2-7H2,1H3,(H,15,20)/t10-/m1/s1. The van der Waals surface area contributed by atoms with Gasteiger partial charge in [-0.2, -0.15) is 5.10 Å². The first kappa shape index (κ1) is 15.3. The molecule has 1 fully saturated rings. The lowest BCUT2D eigenvalue weighted by Gasteiger charge is -2.29. The fourth-order valence-electron chi connectivity index (χ4n) is 2.27. The van der Waals surface area contributed by atoms with Crippen molar-refractivity contribution in [2.75, 3.05) is 26.2 Å². The molecule has 1 amide bonds. The maximum atomic E-state index is 12.0. The Morgan fingerprint density at radius 3 is 2.90 bits per heavy atom. The van der Waals surface area contributed by atoms with Crippen LogP contribution in [0.2, 0.25) is 5.02 Å². The number of rotatable bonds is 5. The van der Waals surface area contributed by atoms with Crippen LogP contribution in [0.5, 0.6) is 0 Å². The van der Waals surface area contributed by atoms with Crippen LogP contribution in [0.4, 0.5) is 0 Å². The summed E-state index contributed by atoms with van der Waals surface area (Å²) in [5.74, 6) is -0.0678. The lowest BCUT2D eigenvalue weighted by atomic mass is 10.1. The molecule has 0 spiro atoms. The van der Waals surface area contributed by atoms with Gasteiger partial charge in [0.2, 0.25) is 5.91 Å². The number of amides is 1. The molecule has 1 atom stereocenters. The van der Waals surface area contributed by atoms with Gasteiger partial charge in [-0.1, -0.05) is 11.6 Å². The maximum absolute atomic E-state index is 12.0. The van der Waals surface area contributed by atoms with Crippen LogP contribution in [-0.2, 0) is 4.79 Å². The minimum Gasteiger partial charge on any atom is -0.393 e. The van der Waals surface area contributed by atoms with E-state index in [0.29, 0.717) is 11.6 Å². The third-order valence-corrected chi connectivity index (χ3v) is 3.83. The molecule has 0 bridgehead atoms. The highest BCUT2D eigenvalue weighted by molar-refractivity contribution is 6.30. The van der Waals surface area contributed by atoms with E-state index in [9.17, 15) is 9.90 Å². The molecule has 6 nitrogen and oxygen atoms in total. The summed E-state index contributed by atoms with van der Waals surface area (Å²) in [6, 6.07) is -0.370. The van der Waals surface area contributed by atoms with Crippen molar-refractivity contribution in [3.8, 4) is 0 Å². The fourth-order valence-corrected chi connectivity index (χ4v) is 2.42. The van der Waals surface area contributed by atoms with E-state index in [1.165, 1.54) is 6.20 Å². The molecule has 7 heteroatoms. The van der Waals surface area contributed by atoms with Crippen molar-refractivity contribution in [1.29, 1.82) is 0 Å². The number of carbonyl (C=O) groups is 1. The van der Waals surface area contributed by atoms with E-state index in [1.807, 2.05) is 0 Å². The lowest BCUT2D eigenvalue weighted by Crippen LogP contribution is -2.42. The summed E-state index contributed by atoms with van der Waals surface area (Å²) < 4.78 is 1.55. The Morgan fingerprint density at radius 2 is 2.30 bits per heavy atom. The van der Waals surface area contributed by atoms with Crippen LogP contribution in [0.1, 0.15) is 25.8 Å². The van der Waals surface area contributed by atoms with Crippen LogP contribution < -0.4 is 5.32 Å². The molecular weight excluding hydrogens is 280 g/mol. The second kappa shape index (κ2) is 7.06. The van der Waals surface area contributed by atoms with Crippen molar-refractivity contribution in [3.05, 3.63) is 17.4 Å². The molecule has 2 rings (SSSR count). The molecule has 2 N–H and O–H groups in total. The van der Waals surface area contributed by atoms with Crippen molar-refractivity contribution >= 4 is 17.5 Å². The van der Waals surface area contributed by atoms with Gasteiger partial charge < -0.3 is 15.3 Å². The second-order valence-corrected chi connectivity index (χ2v) is 5.61. The number of piperidine rings is 1. The number of aliphatic hydroxyl groups is 1. The van der Waals surface area contributed by atoms with Gasteiger partial charge in [0.1, 0.15) is 6.04 Å². The Kier molecular flexibility index (Phi) is 5.39. The van der Waals surface area contributed by atoms with Crippen LogP contribution in [0.15, 0.2) is 12.4 Å². The van der Waals surface area contributed by atoms with E-state index in [0.717, 1.165) is 32.5 Å². The first-order valence-corrected chi connectivity index (χ1v) is 7.32. The van der Waals surface area contributed by atoms with Gasteiger partial charge in [-0.15, -0.1) is 0 Å². The number of halogens is 1. The minimum atomic E-state index is -0.370. The molecule has 1 aromatic rings. The first-order valence-electron chi connectivity index (χ1n) is 6.94. The van der Waals surface area contributed by atoms with Crippen LogP contribution in [0, 0.1) is 0 Å². The van der Waals surface area contributed by atoms with Crippen molar-refractivity contribution in [2.45, 2.75) is 31.9 Å². The van der Waals surface area contributed by atoms with E-state index in [2.05, 4.69) is 15.3 Å². The Labute approximate surface area is 123 Å². The van der Waals surface area contributed by atoms with E-state index < -0.39 is 0 Å². The molecule has 1 saturated heterocycles. The molecule has 0 unspecified atom stereocenters. The largest absolute Gasteiger partial charge is 0.393 e. The van der Waals surface area contributed by atoms with Gasteiger partial charge in [-0.05, 0) is 19.8 Å². The van der Waals surface area contributed by atoms with Gasteiger partial charge in [-0.25, -0.2) is 0 Å². The van der Waals surface area contributed by atoms with Crippen LogP contribution in [0.25, 0.3) is 0 Å². The zero-order valence-corrected chi connectivity index (χ0v) is 12.4. The summed E-state index contributed by atoms with van der Waals surface area (Å²) in [6.07, 6.45) is 4.62. The average molecular weight is 301 g/mol. The third kappa shape index (κ3) is 4.19. The molecule has 1 aliphatic heterocycles. The molecule has 1 aliphatic rings. The Balaban J connectivity index is 1.70. The summed E-state index contributed by atoms with van der Waals surface area (Å²) in [5.41, 5.74) is 0. The van der Waals surface area contributed by atoms with Gasteiger partial charge in [0.25, 0.3) is 0 Å². The third-order valence-electron chi connectivity index (χ3n) is 3.63. The number of hydrogen-bond donors (Lipinski definition) is 2. The van der Waals surface area contributed by atoms with Crippen molar-refractivity contribution in [1.82, 2.24) is 20.0 Å². The van der Waals surface area contributed by atoms with Crippen LogP contribution in [-0.4, -0.2) is 58.0 Å². The van der Waals surface area contributed by atoms with Gasteiger partial charge in [-0.3, -0.25) is 9.48 Å². The SMILES string of the molecule is C[C@H](C(=O)NCCN1CCC(O)CC1)n1cc(Cl)cn1. The molecule has 2 heterocycles. The summed E-state index contributed by atoms with van der Waals surface area (Å²) in [4.78, 5) is 14.2. The Hall–Kier alpha value is -1.11. The predicted molar refractivity (Wildman–Crippen MR) is 76.6 cm³/mol. The highest BCUT2D eigenvalue weighted by Gasteiger charge is 2.18. The molecule has 20 heavy (non-hydrogen) atoms. The number of nitrogens with one attached hydrogen (secondary N) is 1. The molecular formula is C13H21ClN4O2. The number of nitrogens with zero attached hydrogens (tertiary/aromatic N) is 3. The van der Waals surface area contributed by atoms with Gasteiger partial charge >= 0.3 is 0 Å². The maximum Gasteiger partial charge on any atom is 0.244 e. The zero-order valence-electron chi connectivity index (χ0n) is 11.6. The van der Waals surface area contributed by atoms with Gasteiger partial charge in [0.15, 0.2) is 0 Å². The molecule has 0 aromatic carbocycles. The van der Waals surface area contributed by atoms with Crippen LogP contribution in [0.3, 0.4) is 0 Å². The van der Waals surface area contributed by atoms with Crippen molar-refractivity contribution in [3.63, 3.8) is 0 Å². The quantitative estimate of drug-likeness (QED) is 0.838. The summed E-state index contributed by atoms with van der Waals surface area (Å²) in [5, 5.41) is 16.9. The highest BCUT2D eigenvalue weighted by Crippen LogP contribution is 2.11. The number of aliphatic hydroxyl groups excluding tert-OH is 1. The second-order valence-electron chi connectivity index (χ2n) is 5.18. The highest BCUT2D eigenvalue weighted by atomic mass is 35.5. The molecule has 0 saturated carbocycles. The lowest BCUT2D eigenvalue weighted by molar-refractivity contribution is -0.124. The number of aromatic nitrogens is 2. The van der Waals surface area contributed by atoms with E-state index in [1.54, 1.807) is 17.8 Å². The minimum absolute atomic E-state index is 0.0678. The van der Waals surface area contributed by atoms with Crippen LogP contribution >= 0.6 is 11.6 Å². The van der Waals surface area contributed by atoms with E-state index in [4.69, 9.17) is 11.6 Å². The molecule has 1 aromatic heterocycles. The first-order chi connectivity index (χ1) is 9.56. The monoisotopic (exact) mass is 300 g/mol. The number of carbonyl (C=O) groups excluding carboxylic acids is 1. The average Bonchev–Trinajstić information content (AvgIpc) is 2.86. The number of likely N-dealkylation sites (tertiary alicyclic amines) is 1. The summed E-state index contributed by atoms with van der Waals surface area (Å²) >= 11 is 5.78. The molecule has 0 aliphatic carbocycles. The fraction of sp³-hybridized carbons (Fsp3) is 0.692. The molecule has 112 valence electrons. The van der Waals surface area contributed by atoms with E-state index in [-0.39, 0.29) is 18.1 Å². The van der Waals surface area contributed by atoms with Gasteiger partial charge in [0.05, 0.1) is 17.3 Å². The topological polar surface area (TPSA) is 70.4 Å². The smallest absolute Gasteiger partial charge is 0.244 e. The Morgan fingerprint density at radius 1 is 1.60 bits per heavy atom. The summed E-state index contributed by atoms with van der Waals surface area (Å²) in [6.45, 7) is 4.98. The van der Waals surface area contributed by atoms with Crippen molar-refractivity contribution < 1.29 is 9.90 Å². The van der Waals surface area contributed by atoms with E-state index >= 15 is 0 Å². The normalized spacial score (nSPS) is 18.9. The van der Waals surface area contributed by atoms with Crippen molar-refractivity contribution in [2.24, 2.45) is 0 Å².